The van der Waals surface area contributed by atoms with E-state index >= 15 is 0 Å². The van der Waals surface area contributed by atoms with Gasteiger partial charge in [-0.25, -0.2) is 5.01 Å². The number of fused-ring (bicyclic) bond motifs is 1. The van der Waals surface area contributed by atoms with Crippen molar-refractivity contribution in [3.8, 4) is 0 Å². The number of non-ortho nitro benzene ring substituents is 1. The van der Waals surface area contributed by atoms with Crippen LogP contribution < -0.4 is 5.43 Å². The van der Waals surface area contributed by atoms with E-state index in [2.05, 4.69) is 15.4 Å². The molecule has 0 aliphatic carbocycles. The van der Waals surface area contributed by atoms with E-state index in [0.717, 1.165) is 29.9 Å². The number of aromatic nitrogens is 1. The molecule has 0 saturated carbocycles. The van der Waals surface area contributed by atoms with E-state index in [4.69, 9.17) is 4.74 Å². The number of nitro groups is 1. The van der Waals surface area contributed by atoms with Crippen LogP contribution in [0.25, 0.3) is 10.8 Å². The fraction of sp³-hybridized carbons (Fsp3) is 0.357. The van der Waals surface area contributed by atoms with Gasteiger partial charge >= 0.3 is 0 Å². The zero-order chi connectivity index (χ0) is 14.8. The Morgan fingerprint density at radius 2 is 2.10 bits per heavy atom. The Morgan fingerprint density at radius 3 is 2.81 bits per heavy atom. The molecule has 0 radical (unpaired) electrons. The van der Waals surface area contributed by atoms with Crippen LogP contribution in [0.3, 0.4) is 0 Å². The van der Waals surface area contributed by atoms with Gasteiger partial charge in [-0.2, -0.15) is 0 Å². The summed E-state index contributed by atoms with van der Waals surface area (Å²) in [7, 11) is 0. The molecule has 0 atom stereocenters. The number of morpholine rings is 1. The normalized spacial score (nSPS) is 16.0. The third kappa shape index (κ3) is 2.79. The number of rotatable bonds is 3. The average Bonchev–Trinajstić information content (AvgIpc) is 2.48. The summed E-state index contributed by atoms with van der Waals surface area (Å²) < 4.78 is 5.31. The molecule has 1 saturated heterocycles. The molecule has 0 amide bonds. The molecule has 3 rings (SSSR count). The molecule has 1 fully saturated rings. The third-order valence-corrected chi connectivity index (χ3v) is 3.50. The van der Waals surface area contributed by atoms with Gasteiger partial charge in [-0.1, -0.05) is 0 Å². The Kier molecular flexibility index (Phi) is 3.68. The third-order valence-electron chi connectivity index (χ3n) is 3.50. The minimum atomic E-state index is -0.377. The van der Waals surface area contributed by atoms with Gasteiger partial charge in [-0.05, 0) is 19.1 Å². The summed E-state index contributed by atoms with van der Waals surface area (Å²) >= 11 is 0. The first-order chi connectivity index (χ1) is 10.1. The average molecular weight is 288 g/mol. The zero-order valence-electron chi connectivity index (χ0n) is 11.7. The molecule has 0 bridgehead atoms. The van der Waals surface area contributed by atoms with Crippen LogP contribution in [0.4, 0.5) is 11.4 Å². The second-order valence-electron chi connectivity index (χ2n) is 4.97. The summed E-state index contributed by atoms with van der Waals surface area (Å²) in [5, 5.41) is 14.5. The summed E-state index contributed by atoms with van der Waals surface area (Å²) in [6.07, 6.45) is 1.56. The van der Waals surface area contributed by atoms with Crippen molar-refractivity contribution in [3.05, 3.63) is 40.2 Å². The van der Waals surface area contributed by atoms with E-state index in [1.54, 1.807) is 12.3 Å². The number of hydrogen-bond donors (Lipinski definition) is 1. The molecule has 7 nitrogen and oxygen atoms in total. The number of nitrogens with one attached hydrogen (secondary N) is 1. The number of nitro benzene ring substituents is 1. The number of aryl methyl sites for hydroxylation is 1. The highest BCUT2D eigenvalue weighted by Gasteiger charge is 2.17. The maximum atomic E-state index is 11.1. The van der Waals surface area contributed by atoms with Crippen LogP contribution in [-0.2, 0) is 4.74 Å². The molecule has 1 N–H and O–H groups in total. The maximum Gasteiger partial charge on any atom is 0.278 e. The van der Waals surface area contributed by atoms with E-state index in [0.29, 0.717) is 18.6 Å². The van der Waals surface area contributed by atoms with Crippen molar-refractivity contribution in [2.24, 2.45) is 0 Å². The van der Waals surface area contributed by atoms with Crippen LogP contribution >= 0.6 is 0 Å². The second kappa shape index (κ2) is 5.63. The quantitative estimate of drug-likeness (QED) is 0.688. The van der Waals surface area contributed by atoms with E-state index in [9.17, 15) is 10.1 Å². The summed E-state index contributed by atoms with van der Waals surface area (Å²) in [5.74, 6) is 0. The molecular weight excluding hydrogens is 272 g/mol. The van der Waals surface area contributed by atoms with Crippen LogP contribution in [0, 0.1) is 17.0 Å². The lowest BCUT2D eigenvalue weighted by atomic mass is 10.1. The molecule has 0 unspecified atom stereocenters. The van der Waals surface area contributed by atoms with Gasteiger partial charge in [0.1, 0.15) is 0 Å². The molecule has 1 aliphatic rings. The highest BCUT2D eigenvalue weighted by atomic mass is 16.6. The first-order valence-corrected chi connectivity index (χ1v) is 6.78. The molecule has 110 valence electrons. The summed E-state index contributed by atoms with van der Waals surface area (Å²) in [5.41, 5.74) is 5.07. The van der Waals surface area contributed by atoms with Gasteiger partial charge in [-0.3, -0.25) is 15.1 Å². The smallest absolute Gasteiger partial charge is 0.278 e. The molecule has 1 aromatic heterocycles. The molecule has 2 heterocycles. The minimum absolute atomic E-state index is 0.0741. The molecule has 2 aromatic rings. The standard InChI is InChI=1S/C14H16N4O3/c1-10-8-11-12(9-15-10)14(18(19)20)3-2-13(11)16-17-4-6-21-7-5-17/h2-3,8-9,16H,4-7H2,1H3. The summed E-state index contributed by atoms with van der Waals surface area (Å²) in [6.45, 7) is 4.79. The van der Waals surface area contributed by atoms with Crippen LogP contribution in [0.1, 0.15) is 5.69 Å². The van der Waals surface area contributed by atoms with Gasteiger partial charge in [0, 0.05) is 36.4 Å². The summed E-state index contributed by atoms with van der Waals surface area (Å²) in [6, 6.07) is 5.13. The van der Waals surface area contributed by atoms with Crippen molar-refractivity contribution in [1.82, 2.24) is 9.99 Å². The van der Waals surface area contributed by atoms with Crippen molar-refractivity contribution < 1.29 is 9.66 Å². The first-order valence-electron chi connectivity index (χ1n) is 6.78. The SMILES string of the molecule is Cc1cc2c(NN3CCOCC3)ccc([N+](=O)[O-])c2cn1. The van der Waals surface area contributed by atoms with Crippen molar-refractivity contribution >= 4 is 22.1 Å². The van der Waals surface area contributed by atoms with E-state index in [1.165, 1.54) is 6.07 Å². The molecule has 1 aliphatic heterocycles. The van der Waals surface area contributed by atoms with Crippen molar-refractivity contribution in [1.29, 1.82) is 0 Å². The van der Waals surface area contributed by atoms with Gasteiger partial charge in [-0.15, -0.1) is 0 Å². The van der Waals surface area contributed by atoms with Crippen molar-refractivity contribution in [2.75, 3.05) is 31.7 Å². The fourth-order valence-corrected chi connectivity index (χ4v) is 2.43. The molecule has 7 heteroatoms. The number of benzene rings is 1. The number of pyridine rings is 1. The largest absolute Gasteiger partial charge is 0.379 e. The second-order valence-corrected chi connectivity index (χ2v) is 4.97. The highest BCUT2D eigenvalue weighted by Crippen LogP contribution is 2.31. The Bertz CT molecular complexity index is 683. The first kappa shape index (κ1) is 13.7. The predicted molar refractivity (Wildman–Crippen MR) is 79.1 cm³/mol. The number of anilines is 1. The molecular formula is C14H16N4O3. The van der Waals surface area contributed by atoms with Gasteiger partial charge in [0.15, 0.2) is 0 Å². The monoisotopic (exact) mass is 288 g/mol. The molecule has 0 spiro atoms. The Morgan fingerprint density at radius 1 is 1.33 bits per heavy atom. The van der Waals surface area contributed by atoms with Crippen LogP contribution in [0.5, 0.6) is 0 Å². The van der Waals surface area contributed by atoms with E-state index < -0.39 is 0 Å². The lowest BCUT2D eigenvalue weighted by Crippen LogP contribution is -2.40. The van der Waals surface area contributed by atoms with Gasteiger partial charge in [0.05, 0.1) is 29.2 Å². The summed E-state index contributed by atoms with van der Waals surface area (Å²) in [4.78, 5) is 14.9. The Hall–Kier alpha value is -2.25. The van der Waals surface area contributed by atoms with Crippen LogP contribution in [-0.4, -0.2) is 41.2 Å². The van der Waals surface area contributed by atoms with Crippen LogP contribution in [0.15, 0.2) is 24.4 Å². The lowest BCUT2D eigenvalue weighted by molar-refractivity contribution is -0.383. The van der Waals surface area contributed by atoms with E-state index in [1.807, 2.05) is 13.0 Å². The Labute approximate surface area is 121 Å². The molecule has 21 heavy (non-hydrogen) atoms. The van der Waals surface area contributed by atoms with Gasteiger partial charge in [0.25, 0.3) is 5.69 Å². The van der Waals surface area contributed by atoms with E-state index in [-0.39, 0.29) is 10.6 Å². The van der Waals surface area contributed by atoms with Crippen LogP contribution in [0.2, 0.25) is 0 Å². The highest BCUT2D eigenvalue weighted by molar-refractivity contribution is 5.99. The maximum absolute atomic E-state index is 11.1. The topological polar surface area (TPSA) is 80.5 Å². The van der Waals surface area contributed by atoms with Gasteiger partial charge < -0.3 is 10.2 Å². The lowest BCUT2D eigenvalue weighted by Gasteiger charge is -2.28. The zero-order valence-corrected chi connectivity index (χ0v) is 11.7. The predicted octanol–water partition coefficient (Wildman–Crippen LogP) is 2.11. The number of hydrazine groups is 1. The van der Waals surface area contributed by atoms with Crippen molar-refractivity contribution in [3.63, 3.8) is 0 Å². The Balaban J connectivity index is 2.03. The number of hydrogen-bond acceptors (Lipinski definition) is 6. The van der Waals surface area contributed by atoms with Gasteiger partial charge in [0.2, 0.25) is 0 Å². The fourth-order valence-electron chi connectivity index (χ4n) is 2.43. The molecule has 1 aromatic carbocycles. The van der Waals surface area contributed by atoms with Crippen molar-refractivity contribution in [2.45, 2.75) is 6.92 Å². The number of nitrogens with zero attached hydrogens (tertiary/aromatic N) is 3. The minimum Gasteiger partial charge on any atom is -0.379 e. The number of ether oxygens (including phenoxy) is 1.